The molecule has 0 saturated carbocycles. The van der Waals surface area contributed by atoms with E-state index in [0.29, 0.717) is 17.8 Å². The second-order valence-corrected chi connectivity index (χ2v) is 6.73. The normalized spacial score (nSPS) is 19.6. The number of hydrogen-bond donors (Lipinski definition) is 0. The van der Waals surface area contributed by atoms with E-state index in [1.807, 2.05) is 6.92 Å². The minimum absolute atomic E-state index is 0.0369. The molecule has 2 atom stereocenters. The van der Waals surface area contributed by atoms with Crippen molar-refractivity contribution in [1.29, 1.82) is 0 Å². The number of aromatic nitrogens is 2. The van der Waals surface area contributed by atoms with Crippen molar-refractivity contribution in [3.05, 3.63) is 80.5 Å². The Kier molecular flexibility index (Phi) is 4.10. The van der Waals surface area contributed by atoms with E-state index in [9.17, 15) is 19.3 Å². The van der Waals surface area contributed by atoms with Crippen molar-refractivity contribution in [3.8, 4) is 0 Å². The molecule has 1 aromatic carbocycles. The third-order valence-electron chi connectivity index (χ3n) is 5.04. The Labute approximate surface area is 153 Å². The van der Waals surface area contributed by atoms with Gasteiger partial charge in [0.25, 0.3) is 0 Å². The molecule has 0 radical (unpaired) electrons. The Balaban J connectivity index is 1.93. The van der Waals surface area contributed by atoms with Gasteiger partial charge >= 0.3 is 11.2 Å². The summed E-state index contributed by atoms with van der Waals surface area (Å²) in [5, 5.41) is 11.7. The van der Waals surface area contributed by atoms with Crippen LogP contribution in [0, 0.1) is 21.8 Å². The predicted octanol–water partition coefficient (Wildman–Crippen LogP) is 3.33. The van der Waals surface area contributed by atoms with Crippen molar-refractivity contribution >= 4 is 17.2 Å². The van der Waals surface area contributed by atoms with Crippen LogP contribution >= 0.6 is 0 Å². The standard InChI is InChI=1S/C19H17FN4O3/c1-12-8-10-23(16(12)13-5-4-6-14(20)11-13)18-17(24(26)27)19(25)22-9-3-2-7-15(22)21-18/h2-7,9,11-12,16H,8,10H2,1H3. The molecule has 8 heteroatoms. The molecule has 3 heterocycles. The Hall–Kier alpha value is -3.29. The highest BCUT2D eigenvalue weighted by molar-refractivity contribution is 5.63. The van der Waals surface area contributed by atoms with Crippen LogP contribution in [0.2, 0.25) is 0 Å². The summed E-state index contributed by atoms with van der Waals surface area (Å²) in [5.41, 5.74) is -0.239. The van der Waals surface area contributed by atoms with Crippen molar-refractivity contribution < 1.29 is 9.31 Å². The topological polar surface area (TPSA) is 80.8 Å². The lowest BCUT2D eigenvalue weighted by molar-refractivity contribution is -0.385. The van der Waals surface area contributed by atoms with Gasteiger partial charge in [-0.2, -0.15) is 0 Å². The van der Waals surface area contributed by atoms with Gasteiger partial charge in [-0.1, -0.05) is 25.1 Å². The summed E-state index contributed by atoms with van der Waals surface area (Å²) in [5.74, 6) is -0.204. The number of rotatable bonds is 3. The Bertz CT molecular complexity index is 1100. The van der Waals surface area contributed by atoms with Crippen molar-refractivity contribution in [2.24, 2.45) is 5.92 Å². The maximum Gasteiger partial charge on any atom is 0.376 e. The molecule has 0 aliphatic carbocycles. The number of anilines is 1. The van der Waals surface area contributed by atoms with E-state index in [2.05, 4.69) is 4.98 Å². The number of nitro groups is 1. The van der Waals surface area contributed by atoms with Crippen molar-refractivity contribution in [3.63, 3.8) is 0 Å². The van der Waals surface area contributed by atoms with E-state index in [0.717, 1.165) is 6.42 Å². The second kappa shape index (κ2) is 6.46. The minimum Gasteiger partial charge on any atom is -0.343 e. The number of halogens is 1. The number of benzene rings is 1. The number of nitrogens with zero attached hydrogens (tertiary/aromatic N) is 4. The summed E-state index contributed by atoms with van der Waals surface area (Å²) < 4.78 is 14.9. The molecule has 0 spiro atoms. The molecule has 2 unspecified atom stereocenters. The fourth-order valence-electron chi connectivity index (χ4n) is 3.81. The van der Waals surface area contributed by atoms with Gasteiger partial charge in [0.15, 0.2) is 0 Å². The van der Waals surface area contributed by atoms with Crippen LogP contribution in [-0.4, -0.2) is 20.9 Å². The van der Waals surface area contributed by atoms with Gasteiger partial charge in [0.2, 0.25) is 5.82 Å². The lowest BCUT2D eigenvalue weighted by Crippen LogP contribution is -2.30. The maximum absolute atomic E-state index is 13.8. The summed E-state index contributed by atoms with van der Waals surface area (Å²) in [6, 6.07) is 10.9. The Morgan fingerprint density at radius 1 is 1.26 bits per heavy atom. The zero-order valence-electron chi connectivity index (χ0n) is 14.6. The van der Waals surface area contributed by atoms with Crippen LogP contribution in [0.1, 0.15) is 24.9 Å². The molecule has 1 fully saturated rings. The molecule has 27 heavy (non-hydrogen) atoms. The van der Waals surface area contributed by atoms with Gasteiger partial charge in [-0.3, -0.25) is 19.3 Å². The van der Waals surface area contributed by atoms with E-state index in [1.165, 1.54) is 22.7 Å². The molecule has 0 bridgehead atoms. The summed E-state index contributed by atoms with van der Waals surface area (Å²) >= 11 is 0. The number of hydrogen-bond acceptors (Lipinski definition) is 5. The van der Waals surface area contributed by atoms with Gasteiger partial charge in [0.1, 0.15) is 11.5 Å². The van der Waals surface area contributed by atoms with Crippen LogP contribution in [0.5, 0.6) is 0 Å². The SMILES string of the molecule is CC1CCN(c2nc3ccccn3c(=O)c2[N+](=O)[O-])C1c1cccc(F)c1. The summed E-state index contributed by atoms with van der Waals surface area (Å²) in [6.07, 6.45) is 2.21. The average molecular weight is 368 g/mol. The van der Waals surface area contributed by atoms with Crippen LogP contribution in [-0.2, 0) is 0 Å². The zero-order valence-corrected chi connectivity index (χ0v) is 14.6. The average Bonchev–Trinajstić information content (AvgIpc) is 3.02. The molecule has 1 aliphatic rings. The predicted molar refractivity (Wildman–Crippen MR) is 98.4 cm³/mol. The summed E-state index contributed by atoms with van der Waals surface area (Å²) in [6.45, 7) is 2.51. The van der Waals surface area contributed by atoms with Gasteiger partial charge < -0.3 is 4.90 Å². The van der Waals surface area contributed by atoms with Crippen LogP contribution in [0.4, 0.5) is 15.9 Å². The van der Waals surface area contributed by atoms with Crippen molar-refractivity contribution in [2.75, 3.05) is 11.4 Å². The molecule has 3 aromatic rings. The van der Waals surface area contributed by atoms with Gasteiger partial charge in [-0.25, -0.2) is 9.37 Å². The van der Waals surface area contributed by atoms with Gasteiger partial charge in [-0.15, -0.1) is 0 Å². The molecule has 0 amide bonds. The van der Waals surface area contributed by atoms with E-state index < -0.39 is 16.2 Å². The van der Waals surface area contributed by atoms with Crippen molar-refractivity contribution in [1.82, 2.24) is 9.38 Å². The second-order valence-electron chi connectivity index (χ2n) is 6.73. The first-order chi connectivity index (χ1) is 13.0. The third-order valence-corrected chi connectivity index (χ3v) is 5.04. The van der Waals surface area contributed by atoms with E-state index in [-0.39, 0.29) is 23.6 Å². The molecule has 2 aromatic heterocycles. The molecule has 138 valence electrons. The summed E-state index contributed by atoms with van der Waals surface area (Å²) in [4.78, 5) is 29.9. The number of pyridine rings is 1. The first-order valence-electron chi connectivity index (χ1n) is 8.65. The van der Waals surface area contributed by atoms with Gasteiger partial charge in [0.05, 0.1) is 11.0 Å². The maximum atomic E-state index is 13.8. The van der Waals surface area contributed by atoms with Crippen LogP contribution in [0.15, 0.2) is 53.5 Å². The lowest BCUT2D eigenvalue weighted by atomic mass is 9.95. The quantitative estimate of drug-likeness (QED) is 0.523. The zero-order chi connectivity index (χ0) is 19.1. The highest BCUT2D eigenvalue weighted by Gasteiger charge is 2.38. The van der Waals surface area contributed by atoms with Crippen molar-refractivity contribution in [2.45, 2.75) is 19.4 Å². The van der Waals surface area contributed by atoms with E-state index in [1.54, 1.807) is 35.2 Å². The van der Waals surface area contributed by atoms with Gasteiger partial charge in [-0.05, 0) is 42.2 Å². The molecule has 0 N–H and O–H groups in total. The van der Waals surface area contributed by atoms with Gasteiger partial charge in [0, 0.05) is 12.7 Å². The van der Waals surface area contributed by atoms with Crippen LogP contribution in [0.25, 0.3) is 5.65 Å². The van der Waals surface area contributed by atoms with Crippen LogP contribution < -0.4 is 10.5 Å². The lowest BCUT2D eigenvalue weighted by Gasteiger charge is -2.28. The highest BCUT2D eigenvalue weighted by Crippen LogP contribution is 2.41. The summed E-state index contributed by atoms with van der Waals surface area (Å²) in [7, 11) is 0. The molecule has 4 rings (SSSR count). The first-order valence-corrected chi connectivity index (χ1v) is 8.65. The number of fused-ring (bicyclic) bond motifs is 1. The molecular formula is C19H17FN4O3. The Morgan fingerprint density at radius 2 is 2.07 bits per heavy atom. The third kappa shape index (κ3) is 2.83. The minimum atomic E-state index is -0.724. The fraction of sp³-hybridized carbons (Fsp3) is 0.263. The molecular weight excluding hydrogens is 351 g/mol. The smallest absolute Gasteiger partial charge is 0.343 e. The monoisotopic (exact) mass is 368 g/mol. The van der Waals surface area contributed by atoms with E-state index >= 15 is 0 Å². The molecule has 1 saturated heterocycles. The molecule has 1 aliphatic heterocycles. The fourth-order valence-corrected chi connectivity index (χ4v) is 3.81. The first kappa shape index (κ1) is 17.1. The van der Waals surface area contributed by atoms with Crippen LogP contribution in [0.3, 0.4) is 0 Å². The van der Waals surface area contributed by atoms with E-state index in [4.69, 9.17) is 0 Å². The largest absolute Gasteiger partial charge is 0.376 e. The Morgan fingerprint density at radius 3 is 2.81 bits per heavy atom. The molecule has 7 nitrogen and oxygen atoms in total. The highest BCUT2D eigenvalue weighted by atomic mass is 19.1.